The van der Waals surface area contributed by atoms with Crippen molar-refractivity contribution in [3.8, 4) is 0 Å². The fraction of sp³-hybridized carbons (Fsp3) is 0.350. The molecule has 0 aliphatic carbocycles. The summed E-state index contributed by atoms with van der Waals surface area (Å²) in [7, 11) is 2.13. The van der Waals surface area contributed by atoms with Crippen LogP contribution in [0.2, 0.25) is 0 Å². The third kappa shape index (κ3) is 3.45. The number of likely N-dealkylation sites (N-methyl/N-ethyl adjacent to an activating group) is 1. The average molecular weight is 308 g/mol. The summed E-state index contributed by atoms with van der Waals surface area (Å²) in [6, 6.07) is 16.7. The Morgan fingerprint density at radius 3 is 2.65 bits per heavy atom. The number of carbonyl (C=O) groups is 1. The molecule has 0 saturated heterocycles. The van der Waals surface area contributed by atoms with Crippen molar-refractivity contribution in [1.29, 1.82) is 0 Å². The Kier molecular flexibility index (Phi) is 4.77. The molecule has 1 unspecified atom stereocenters. The van der Waals surface area contributed by atoms with Crippen LogP contribution in [-0.2, 0) is 12.8 Å². The van der Waals surface area contributed by atoms with Crippen molar-refractivity contribution in [2.24, 2.45) is 0 Å². The lowest BCUT2D eigenvalue weighted by Crippen LogP contribution is -2.40. The molecule has 0 radical (unpaired) electrons. The zero-order chi connectivity index (χ0) is 16.2. The second kappa shape index (κ2) is 6.97. The van der Waals surface area contributed by atoms with Crippen LogP contribution in [0.5, 0.6) is 0 Å². The van der Waals surface area contributed by atoms with Crippen molar-refractivity contribution in [3.63, 3.8) is 0 Å². The lowest BCUT2D eigenvalue weighted by molar-refractivity contribution is 0.0936. The first-order valence-electron chi connectivity index (χ1n) is 8.34. The summed E-state index contributed by atoms with van der Waals surface area (Å²) < 4.78 is 0. The summed E-state index contributed by atoms with van der Waals surface area (Å²) in [5.41, 5.74) is 4.72. The summed E-state index contributed by atoms with van der Waals surface area (Å²) in [6.45, 7) is 3.79. The Labute approximate surface area is 138 Å². The van der Waals surface area contributed by atoms with Crippen LogP contribution in [0.4, 0.5) is 0 Å². The maximum Gasteiger partial charge on any atom is 0.251 e. The molecule has 23 heavy (non-hydrogen) atoms. The largest absolute Gasteiger partial charge is 0.350 e. The molecular formula is C20H24N2O. The Morgan fingerprint density at radius 1 is 1.17 bits per heavy atom. The maximum atomic E-state index is 12.4. The number of aryl methyl sites for hydroxylation is 1. The summed E-state index contributed by atoms with van der Waals surface area (Å²) in [5.74, 6) is 0.00380. The van der Waals surface area contributed by atoms with E-state index >= 15 is 0 Å². The van der Waals surface area contributed by atoms with E-state index in [-0.39, 0.29) is 11.9 Å². The van der Waals surface area contributed by atoms with Crippen LogP contribution >= 0.6 is 0 Å². The van der Waals surface area contributed by atoms with Crippen LogP contribution in [0.3, 0.4) is 0 Å². The molecule has 0 bridgehead atoms. The number of nitrogens with zero attached hydrogens (tertiary/aromatic N) is 1. The molecule has 0 spiro atoms. The third-order valence-corrected chi connectivity index (χ3v) is 4.76. The van der Waals surface area contributed by atoms with Gasteiger partial charge in [0.2, 0.25) is 0 Å². The van der Waals surface area contributed by atoms with Gasteiger partial charge in [-0.2, -0.15) is 0 Å². The second-order valence-corrected chi connectivity index (χ2v) is 6.21. The van der Waals surface area contributed by atoms with Crippen LogP contribution in [-0.4, -0.2) is 30.9 Å². The van der Waals surface area contributed by atoms with Gasteiger partial charge in [0.1, 0.15) is 0 Å². The normalized spacial score (nSPS) is 17.6. The molecule has 0 fully saturated rings. The summed E-state index contributed by atoms with van der Waals surface area (Å²) >= 11 is 0. The fourth-order valence-corrected chi connectivity index (χ4v) is 3.23. The van der Waals surface area contributed by atoms with Gasteiger partial charge in [0, 0.05) is 18.7 Å². The van der Waals surface area contributed by atoms with Crippen molar-refractivity contribution in [2.75, 3.05) is 20.1 Å². The molecule has 1 N–H and O–H groups in total. The van der Waals surface area contributed by atoms with Gasteiger partial charge in [-0.15, -0.1) is 0 Å². The van der Waals surface area contributed by atoms with Gasteiger partial charge in [-0.3, -0.25) is 9.69 Å². The molecule has 3 nitrogen and oxygen atoms in total. The van der Waals surface area contributed by atoms with E-state index in [1.54, 1.807) is 0 Å². The number of fused-ring (bicyclic) bond motifs is 1. The van der Waals surface area contributed by atoms with Crippen molar-refractivity contribution in [1.82, 2.24) is 10.2 Å². The van der Waals surface area contributed by atoms with Crippen molar-refractivity contribution in [3.05, 3.63) is 70.8 Å². The van der Waals surface area contributed by atoms with E-state index in [9.17, 15) is 4.79 Å². The lowest BCUT2D eigenvalue weighted by atomic mass is 9.93. The van der Waals surface area contributed by atoms with Gasteiger partial charge in [0.15, 0.2) is 0 Å². The van der Waals surface area contributed by atoms with Gasteiger partial charge in [0.05, 0.1) is 6.04 Å². The predicted molar refractivity (Wildman–Crippen MR) is 93.7 cm³/mol. The van der Waals surface area contributed by atoms with Gasteiger partial charge in [-0.05, 0) is 48.7 Å². The molecule has 2 aromatic rings. The van der Waals surface area contributed by atoms with Gasteiger partial charge in [0.25, 0.3) is 5.91 Å². The minimum Gasteiger partial charge on any atom is -0.350 e. The molecule has 2 aromatic carbocycles. The quantitative estimate of drug-likeness (QED) is 0.940. The molecule has 1 heterocycles. The highest BCUT2D eigenvalue weighted by Crippen LogP contribution is 2.27. The minimum absolute atomic E-state index is 0.00380. The summed E-state index contributed by atoms with van der Waals surface area (Å²) in [5, 5.41) is 3.10. The van der Waals surface area contributed by atoms with E-state index in [1.165, 1.54) is 16.7 Å². The molecule has 1 aliphatic rings. The van der Waals surface area contributed by atoms with Gasteiger partial charge >= 0.3 is 0 Å². The van der Waals surface area contributed by atoms with Crippen LogP contribution in [0.25, 0.3) is 0 Å². The zero-order valence-corrected chi connectivity index (χ0v) is 13.9. The van der Waals surface area contributed by atoms with Gasteiger partial charge in [-0.1, -0.05) is 43.3 Å². The third-order valence-electron chi connectivity index (χ3n) is 4.76. The van der Waals surface area contributed by atoms with E-state index in [4.69, 9.17) is 0 Å². The molecule has 1 atom stereocenters. The van der Waals surface area contributed by atoms with Gasteiger partial charge in [-0.25, -0.2) is 0 Å². The van der Waals surface area contributed by atoms with Gasteiger partial charge < -0.3 is 5.32 Å². The maximum absolute atomic E-state index is 12.4. The molecular weight excluding hydrogens is 284 g/mol. The average Bonchev–Trinajstić information content (AvgIpc) is 2.60. The number of nitrogens with one attached hydrogen (secondary N) is 1. The second-order valence-electron chi connectivity index (χ2n) is 6.21. The van der Waals surface area contributed by atoms with E-state index in [1.807, 2.05) is 24.3 Å². The molecule has 120 valence electrons. The highest BCUT2D eigenvalue weighted by atomic mass is 16.1. The molecule has 1 amide bonds. The SMILES string of the molecule is CCc1ccc(C(=O)NCC2c3ccccc3CCN2C)cc1. The van der Waals surface area contributed by atoms with Crippen molar-refractivity contribution < 1.29 is 4.79 Å². The standard InChI is InChI=1S/C20H24N2O/c1-3-15-8-10-17(11-9-15)20(23)21-14-19-18-7-5-4-6-16(18)12-13-22(19)2/h4-11,19H,3,12-14H2,1-2H3,(H,21,23). The zero-order valence-electron chi connectivity index (χ0n) is 13.9. The first-order chi connectivity index (χ1) is 11.2. The number of hydrogen-bond acceptors (Lipinski definition) is 2. The smallest absolute Gasteiger partial charge is 0.251 e. The molecule has 1 aliphatic heterocycles. The molecule has 3 heteroatoms. The summed E-state index contributed by atoms with van der Waals surface area (Å²) in [4.78, 5) is 14.7. The Bertz CT molecular complexity index is 678. The van der Waals surface area contributed by atoms with Crippen LogP contribution in [0, 0.1) is 0 Å². The first kappa shape index (κ1) is 15.8. The Morgan fingerprint density at radius 2 is 1.91 bits per heavy atom. The predicted octanol–water partition coefficient (Wildman–Crippen LogP) is 3.21. The molecule has 0 aromatic heterocycles. The number of hydrogen-bond donors (Lipinski definition) is 1. The number of benzene rings is 2. The Hall–Kier alpha value is -2.13. The van der Waals surface area contributed by atoms with E-state index < -0.39 is 0 Å². The monoisotopic (exact) mass is 308 g/mol. The molecule has 0 saturated carbocycles. The fourth-order valence-electron chi connectivity index (χ4n) is 3.23. The number of rotatable bonds is 4. The van der Waals surface area contributed by atoms with Crippen molar-refractivity contribution in [2.45, 2.75) is 25.8 Å². The van der Waals surface area contributed by atoms with E-state index in [0.717, 1.165) is 24.9 Å². The first-order valence-corrected chi connectivity index (χ1v) is 8.34. The minimum atomic E-state index is 0.00380. The highest BCUT2D eigenvalue weighted by molar-refractivity contribution is 5.94. The highest BCUT2D eigenvalue weighted by Gasteiger charge is 2.24. The number of amides is 1. The van der Waals surface area contributed by atoms with Crippen molar-refractivity contribution >= 4 is 5.91 Å². The molecule has 3 rings (SSSR count). The lowest BCUT2D eigenvalue weighted by Gasteiger charge is -2.34. The number of carbonyl (C=O) groups excluding carboxylic acids is 1. The van der Waals surface area contributed by atoms with E-state index in [2.05, 4.69) is 48.5 Å². The summed E-state index contributed by atoms with van der Waals surface area (Å²) in [6.07, 6.45) is 2.07. The topological polar surface area (TPSA) is 32.3 Å². The van der Waals surface area contributed by atoms with Crippen LogP contribution < -0.4 is 5.32 Å². The van der Waals surface area contributed by atoms with Crippen LogP contribution in [0.15, 0.2) is 48.5 Å². The van der Waals surface area contributed by atoms with E-state index in [0.29, 0.717) is 6.54 Å². The Balaban J connectivity index is 1.68. The van der Waals surface area contributed by atoms with Crippen LogP contribution in [0.1, 0.15) is 40.0 Å².